The third kappa shape index (κ3) is 3.11. The van der Waals surface area contributed by atoms with Crippen molar-refractivity contribution in [2.75, 3.05) is 6.07 Å². The predicted molar refractivity (Wildman–Crippen MR) is 70.5 cm³/mol. The van der Waals surface area contributed by atoms with E-state index in [2.05, 4.69) is 13.8 Å². The van der Waals surface area contributed by atoms with Gasteiger partial charge < -0.3 is 9.47 Å². The van der Waals surface area contributed by atoms with Crippen molar-refractivity contribution < 1.29 is 14.3 Å². The Morgan fingerprint density at radius 1 is 1.33 bits per heavy atom. The molecule has 0 radical (unpaired) electrons. The molecule has 18 heavy (non-hydrogen) atoms. The van der Waals surface area contributed by atoms with Gasteiger partial charge in [-0.3, -0.25) is 0 Å². The summed E-state index contributed by atoms with van der Waals surface area (Å²) in [6.07, 6.45) is 6.09. The maximum absolute atomic E-state index is 11.6. The van der Waals surface area contributed by atoms with E-state index in [0.29, 0.717) is 17.8 Å². The third-order valence-electron chi connectivity index (χ3n) is 4.49. The first-order valence-electron chi connectivity index (χ1n) is 6.98. The van der Waals surface area contributed by atoms with E-state index in [1.807, 2.05) is 0 Å². The van der Waals surface area contributed by atoms with Crippen molar-refractivity contribution in [3.63, 3.8) is 0 Å². The van der Waals surface area contributed by atoms with Crippen LogP contribution in [0.15, 0.2) is 0 Å². The summed E-state index contributed by atoms with van der Waals surface area (Å²) in [4.78, 5) is 11.6. The molecule has 0 heterocycles. The molecule has 0 aromatic heterocycles. The minimum Gasteiger partial charge on any atom is -0.428 e. The Hall–Kier alpha value is -0.440. The number of ether oxygens (including phenoxy) is 2. The van der Waals surface area contributed by atoms with Crippen LogP contribution in [0, 0.1) is 17.8 Å². The maximum Gasteiger partial charge on any atom is 0.510 e. The lowest BCUT2D eigenvalue weighted by Crippen LogP contribution is -2.48. The maximum atomic E-state index is 11.6. The van der Waals surface area contributed by atoms with E-state index in [1.165, 1.54) is 19.3 Å². The Labute approximate surface area is 114 Å². The zero-order valence-electron chi connectivity index (χ0n) is 11.3. The molecule has 0 saturated heterocycles. The number of carbonyl (C=O) groups is 1. The second kappa shape index (κ2) is 5.68. The van der Waals surface area contributed by atoms with E-state index < -0.39 is 6.16 Å². The van der Waals surface area contributed by atoms with Gasteiger partial charge in [-0.1, -0.05) is 31.9 Å². The van der Waals surface area contributed by atoms with Gasteiger partial charge in [-0.15, -0.1) is 0 Å². The quantitative estimate of drug-likeness (QED) is 0.568. The monoisotopic (exact) mass is 274 g/mol. The summed E-state index contributed by atoms with van der Waals surface area (Å²) in [5, 5.41) is 0. The SMILES string of the molecule is CCC1CC2CC(C)CC(OC(=O)OCCl)(C1)C2. The number of alkyl halides is 1. The Morgan fingerprint density at radius 3 is 2.78 bits per heavy atom. The molecule has 2 aliphatic rings. The van der Waals surface area contributed by atoms with Crippen molar-refractivity contribution in [1.82, 2.24) is 0 Å². The smallest absolute Gasteiger partial charge is 0.428 e. The molecule has 4 heteroatoms. The zero-order chi connectivity index (χ0) is 13.2. The normalized spacial score (nSPS) is 39.2. The summed E-state index contributed by atoms with van der Waals surface area (Å²) < 4.78 is 10.4. The lowest BCUT2D eigenvalue weighted by Gasteiger charge is -2.49. The van der Waals surface area contributed by atoms with E-state index in [4.69, 9.17) is 21.1 Å². The largest absolute Gasteiger partial charge is 0.510 e. The fraction of sp³-hybridized carbons (Fsp3) is 0.929. The van der Waals surface area contributed by atoms with Crippen molar-refractivity contribution in [2.45, 2.75) is 58.0 Å². The summed E-state index contributed by atoms with van der Waals surface area (Å²) in [6, 6.07) is -0.134. The van der Waals surface area contributed by atoms with Crippen LogP contribution in [0.25, 0.3) is 0 Å². The van der Waals surface area contributed by atoms with E-state index in [9.17, 15) is 4.79 Å². The molecule has 0 aromatic rings. The first-order chi connectivity index (χ1) is 8.57. The van der Waals surface area contributed by atoms with Crippen molar-refractivity contribution in [1.29, 1.82) is 0 Å². The average Bonchev–Trinajstić information content (AvgIpc) is 2.26. The molecule has 2 saturated carbocycles. The van der Waals surface area contributed by atoms with Crippen LogP contribution in [0.5, 0.6) is 0 Å². The van der Waals surface area contributed by atoms with E-state index >= 15 is 0 Å². The van der Waals surface area contributed by atoms with Crippen LogP contribution in [-0.2, 0) is 9.47 Å². The molecule has 3 nitrogen and oxygen atoms in total. The highest BCUT2D eigenvalue weighted by Crippen LogP contribution is 2.50. The molecule has 0 aliphatic heterocycles. The van der Waals surface area contributed by atoms with E-state index in [-0.39, 0.29) is 11.7 Å². The Morgan fingerprint density at radius 2 is 2.11 bits per heavy atom. The summed E-state index contributed by atoms with van der Waals surface area (Å²) in [5.41, 5.74) is -0.287. The van der Waals surface area contributed by atoms with Crippen molar-refractivity contribution in [3.8, 4) is 0 Å². The summed E-state index contributed by atoms with van der Waals surface area (Å²) in [6.45, 7) is 4.48. The molecule has 4 atom stereocenters. The van der Waals surface area contributed by atoms with Gasteiger partial charge in [0, 0.05) is 0 Å². The van der Waals surface area contributed by atoms with Crippen LogP contribution in [-0.4, -0.2) is 17.8 Å². The molecule has 0 aromatic carbocycles. The number of fused-ring (bicyclic) bond motifs is 2. The Balaban J connectivity index is 2.07. The second-order valence-corrected chi connectivity index (χ2v) is 6.34. The Kier molecular flexibility index (Phi) is 4.41. The van der Waals surface area contributed by atoms with Gasteiger partial charge in [-0.25, -0.2) is 4.79 Å². The lowest BCUT2D eigenvalue weighted by atomic mass is 9.62. The first-order valence-corrected chi connectivity index (χ1v) is 7.52. The summed E-state index contributed by atoms with van der Waals surface area (Å²) >= 11 is 5.41. The van der Waals surface area contributed by atoms with Crippen LogP contribution in [0.4, 0.5) is 4.79 Å². The number of carbonyl (C=O) groups excluding carboxylic acids is 1. The summed E-state index contributed by atoms with van der Waals surface area (Å²) in [7, 11) is 0. The van der Waals surface area contributed by atoms with Crippen molar-refractivity contribution in [2.24, 2.45) is 17.8 Å². The highest BCUT2D eigenvalue weighted by molar-refractivity contribution is 6.17. The number of rotatable bonds is 3. The van der Waals surface area contributed by atoms with Gasteiger partial charge in [-0.2, -0.15) is 0 Å². The number of hydrogen-bond acceptors (Lipinski definition) is 3. The topological polar surface area (TPSA) is 35.5 Å². The highest BCUT2D eigenvalue weighted by Gasteiger charge is 2.47. The zero-order valence-corrected chi connectivity index (χ0v) is 12.0. The molecule has 0 spiro atoms. The van der Waals surface area contributed by atoms with Crippen LogP contribution >= 0.6 is 11.6 Å². The molecule has 104 valence electrons. The molecule has 2 fully saturated rings. The molecule has 2 aliphatic carbocycles. The van der Waals surface area contributed by atoms with Crippen molar-refractivity contribution in [3.05, 3.63) is 0 Å². The van der Waals surface area contributed by atoms with Gasteiger partial charge in [0.15, 0.2) is 6.07 Å². The molecular weight excluding hydrogens is 252 g/mol. The number of halogens is 1. The van der Waals surface area contributed by atoms with Gasteiger partial charge >= 0.3 is 6.16 Å². The van der Waals surface area contributed by atoms with Gasteiger partial charge in [0.2, 0.25) is 0 Å². The van der Waals surface area contributed by atoms with Gasteiger partial charge in [0.25, 0.3) is 0 Å². The average molecular weight is 275 g/mol. The molecule has 0 amide bonds. The molecule has 2 rings (SSSR count). The van der Waals surface area contributed by atoms with E-state index in [1.54, 1.807) is 0 Å². The van der Waals surface area contributed by atoms with Gasteiger partial charge in [0.1, 0.15) is 5.60 Å². The van der Waals surface area contributed by atoms with Gasteiger partial charge in [0.05, 0.1) is 0 Å². The minimum atomic E-state index is -0.602. The Bertz CT molecular complexity index is 303. The third-order valence-corrected chi connectivity index (χ3v) is 4.60. The van der Waals surface area contributed by atoms with Crippen LogP contribution in [0.1, 0.15) is 52.4 Å². The van der Waals surface area contributed by atoms with E-state index in [0.717, 1.165) is 19.3 Å². The lowest BCUT2D eigenvalue weighted by molar-refractivity contribution is -0.108. The predicted octanol–water partition coefficient (Wildman–Crippen LogP) is 4.33. The highest BCUT2D eigenvalue weighted by atomic mass is 35.5. The fourth-order valence-corrected chi connectivity index (χ4v) is 4.18. The van der Waals surface area contributed by atoms with Crippen LogP contribution in [0.2, 0.25) is 0 Å². The molecule has 0 N–H and O–H groups in total. The fourth-order valence-electron chi connectivity index (χ4n) is 4.09. The van der Waals surface area contributed by atoms with Crippen LogP contribution < -0.4 is 0 Å². The van der Waals surface area contributed by atoms with Crippen LogP contribution in [0.3, 0.4) is 0 Å². The number of hydrogen-bond donors (Lipinski definition) is 0. The molecule has 2 bridgehead atoms. The molecular formula is C14H23ClO3. The van der Waals surface area contributed by atoms with Crippen molar-refractivity contribution >= 4 is 17.8 Å². The second-order valence-electron chi connectivity index (χ2n) is 6.12. The summed E-state index contributed by atoms with van der Waals surface area (Å²) in [5.74, 6) is 2.02. The molecule has 4 unspecified atom stereocenters. The minimum absolute atomic E-state index is 0.134. The van der Waals surface area contributed by atoms with Gasteiger partial charge in [-0.05, 0) is 49.9 Å². The first kappa shape index (κ1) is 14.0. The standard InChI is InChI=1S/C14H23ClO3/c1-3-11-5-12-4-10(2)6-14(7-11,8-12)18-13(16)17-9-15/h10-12H,3-9H2,1-2H3.